The molecule has 2 aromatic rings. The molecule has 1 aliphatic heterocycles. The van der Waals surface area contributed by atoms with E-state index in [2.05, 4.69) is 15.6 Å². The maximum atomic E-state index is 14.2. The summed E-state index contributed by atoms with van der Waals surface area (Å²) < 4.78 is 15.9. The average molecular weight is 325 g/mol. The zero-order valence-electron chi connectivity index (χ0n) is 12.4. The minimum atomic E-state index is -1.26. The smallest absolute Gasteiger partial charge is 0.130 e. The van der Waals surface area contributed by atoms with E-state index in [-0.39, 0.29) is 17.6 Å². The summed E-state index contributed by atoms with van der Waals surface area (Å²) in [6, 6.07) is 4.22. The lowest BCUT2D eigenvalue weighted by atomic mass is 9.78. The highest BCUT2D eigenvalue weighted by Gasteiger charge is 2.41. The first-order valence-electron chi connectivity index (χ1n) is 7.17. The molecule has 1 aliphatic rings. The number of hydrogen-bond donors (Lipinski definition) is 2. The highest BCUT2D eigenvalue weighted by atomic mass is 35.5. The van der Waals surface area contributed by atoms with Crippen molar-refractivity contribution in [2.24, 2.45) is 7.05 Å². The highest BCUT2D eigenvalue weighted by molar-refractivity contribution is 6.30. The van der Waals surface area contributed by atoms with Gasteiger partial charge in [0.1, 0.15) is 5.82 Å². The molecule has 1 aromatic carbocycles. The summed E-state index contributed by atoms with van der Waals surface area (Å²) >= 11 is 5.80. The molecule has 0 bridgehead atoms. The molecule has 0 saturated carbocycles. The Morgan fingerprint density at radius 2 is 2.23 bits per heavy atom. The Hall–Kier alpha value is -1.50. The van der Waals surface area contributed by atoms with Gasteiger partial charge in [0.25, 0.3) is 0 Å². The molecule has 118 valence electrons. The third-order valence-electron chi connectivity index (χ3n) is 4.08. The van der Waals surface area contributed by atoms with Crippen molar-refractivity contribution in [3.05, 3.63) is 46.5 Å². The Balaban J connectivity index is 1.95. The molecule has 0 radical (unpaired) electrons. The van der Waals surface area contributed by atoms with Crippen LogP contribution in [-0.2, 0) is 12.6 Å². The van der Waals surface area contributed by atoms with E-state index in [0.29, 0.717) is 17.9 Å². The first-order valence-corrected chi connectivity index (χ1v) is 7.55. The first kappa shape index (κ1) is 15.4. The number of rotatable bonds is 2. The van der Waals surface area contributed by atoms with Crippen molar-refractivity contribution in [2.75, 3.05) is 0 Å². The zero-order valence-corrected chi connectivity index (χ0v) is 13.2. The normalized spacial score (nSPS) is 28.8. The molecule has 1 aromatic heterocycles. The van der Waals surface area contributed by atoms with Crippen LogP contribution in [0.2, 0.25) is 5.02 Å². The van der Waals surface area contributed by atoms with E-state index in [1.54, 1.807) is 30.1 Å². The van der Waals surface area contributed by atoms with Gasteiger partial charge in [-0.25, -0.2) is 4.39 Å². The van der Waals surface area contributed by atoms with Crippen LogP contribution in [0.3, 0.4) is 0 Å². The van der Waals surface area contributed by atoms with E-state index in [4.69, 9.17) is 11.6 Å². The van der Waals surface area contributed by atoms with Crippen LogP contribution in [0.4, 0.5) is 4.39 Å². The van der Waals surface area contributed by atoms with Gasteiger partial charge in [0.05, 0.1) is 17.3 Å². The van der Waals surface area contributed by atoms with Crippen LogP contribution in [0.5, 0.6) is 0 Å². The van der Waals surface area contributed by atoms with E-state index < -0.39 is 11.4 Å². The molecule has 22 heavy (non-hydrogen) atoms. The second kappa shape index (κ2) is 5.61. The maximum Gasteiger partial charge on any atom is 0.130 e. The Morgan fingerprint density at radius 3 is 2.86 bits per heavy atom. The molecule has 7 heteroatoms. The molecule has 2 heterocycles. The Morgan fingerprint density at radius 1 is 1.45 bits per heavy atom. The van der Waals surface area contributed by atoms with Crippen molar-refractivity contribution in [1.82, 2.24) is 20.3 Å². The Bertz CT molecular complexity index is 692. The number of aryl methyl sites for hydroxylation is 1. The molecule has 0 spiro atoms. The van der Waals surface area contributed by atoms with Gasteiger partial charge in [0, 0.05) is 36.3 Å². The van der Waals surface area contributed by atoms with Gasteiger partial charge in [-0.05, 0) is 25.5 Å². The quantitative estimate of drug-likeness (QED) is 0.890. The van der Waals surface area contributed by atoms with Crippen molar-refractivity contribution >= 4 is 11.6 Å². The molecule has 5 nitrogen and oxygen atoms in total. The average Bonchev–Trinajstić information content (AvgIpc) is 2.84. The molecule has 3 atom stereocenters. The van der Waals surface area contributed by atoms with Gasteiger partial charge in [0.15, 0.2) is 0 Å². The van der Waals surface area contributed by atoms with Crippen molar-refractivity contribution < 1.29 is 9.50 Å². The van der Waals surface area contributed by atoms with Crippen molar-refractivity contribution in [2.45, 2.75) is 37.5 Å². The summed E-state index contributed by atoms with van der Waals surface area (Å²) in [7, 11) is 1.79. The zero-order chi connectivity index (χ0) is 15.9. The topological polar surface area (TPSA) is 63.0 Å². The lowest BCUT2D eigenvalue weighted by Gasteiger charge is -2.40. The minimum Gasteiger partial charge on any atom is -0.385 e. The maximum absolute atomic E-state index is 14.2. The van der Waals surface area contributed by atoms with Gasteiger partial charge >= 0.3 is 0 Å². The number of aliphatic hydroxyl groups is 1. The number of hydrogen-bond acceptors (Lipinski definition) is 4. The Labute approximate surface area is 133 Å². The molecule has 0 amide bonds. The number of piperidine rings is 1. The number of benzene rings is 1. The number of halogens is 2. The van der Waals surface area contributed by atoms with Crippen LogP contribution >= 0.6 is 11.6 Å². The van der Waals surface area contributed by atoms with Gasteiger partial charge < -0.3 is 10.4 Å². The van der Waals surface area contributed by atoms with E-state index in [9.17, 15) is 9.50 Å². The standard InChI is InChI=1S/C15H18ClFN4O/c1-9-6-15(22,11-4-3-10(16)5-12(11)17)7-13(18-9)14-8-21(2)20-19-14/h3-5,8-9,13,18,22H,6-7H2,1-2H3/t9-,13-,15-/m0/s1. The van der Waals surface area contributed by atoms with Gasteiger partial charge in [-0.1, -0.05) is 22.9 Å². The summed E-state index contributed by atoms with van der Waals surface area (Å²) in [5, 5.41) is 22.8. The predicted molar refractivity (Wildman–Crippen MR) is 80.9 cm³/mol. The summed E-state index contributed by atoms with van der Waals surface area (Å²) in [6.07, 6.45) is 2.55. The van der Waals surface area contributed by atoms with E-state index in [1.165, 1.54) is 6.07 Å². The summed E-state index contributed by atoms with van der Waals surface area (Å²) in [6.45, 7) is 1.96. The third kappa shape index (κ3) is 2.86. The Kier molecular flexibility index (Phi) is 3.92. The molecule has 1 saturated heterocycles. The second-order valence-corrected chi connectivity index (χ2v) is 6.44. The van der Waals surface area contributed by atoms with Gasteiger partial charge in [-0.2, -0.15) is 0 Å². The molecule has 2 N–H and O–H groups in total. The van der Waals surface area contributed by atoms with Crippen LogP contribution in [0.1, 0.15) is 37.1 Å². The number of nitrogens with zero attached hydrogens (tertiary/aromatic N) is 3. The molecule has 3 rings (SSSR count). The van der Waals surface area contributed by atoms with Gasteiger partial charge in [0.2, 0.25) is 0 Å². The van der Waals surface area contributed by atoms with E-state index in [1.807, 2.05) is 6.92 Å². The van der Waals surface area contributed by atoms with Crippen molar-refractivity contribution in [1.29, 1.82) is 0 Å². The van der Waals surface area contributed by atoms with Crippen LogP contribution < -0.4 is 5.32 Å². The molecule has 1 fully saturated rings. The fourth-order valence-electron chi connectivity index (χ4n) is 3.19. The summed E-state index contributed by atoms with van der Waals surface area (Å²) in [5.41, 5.74) is -0.248. The van der Waals surface area contributed by atoms with Crippen LogP contribution in [-0.4, -0.2) is 26.1 Å². The molecule has 0 aliphatic carbocycles. The fourth-order valence-corrected chi connectivity index (χ4v) is 3.35. The molecular formula is C15H18ClFN4O. The minimum absolute atomic E-state index is 0.0147. The van der Waals surface area contributed by atoms with Crippen LogP contribution in [0, 0.1) is 5.82 Å². The number of nitrogens with one attached hydrogen (secondary N) is 1. The summed E-state index contributed by atoms with van der Waals surface area (Å²) in [4.78, 5) is 0. The third-order valence-corrected chi connectivity index (χ3v) is 4.32. The largest absolute Gasteiger partial charge is 0.385 e. The van der Waals surface area contributed by atoms with Gasteiger partial charge in [-0.3, -0.25) is 4.68 Å². The lowest BCUT2D eigenvalue weighted by Crippen LogP contribution is -2.47. The first-order chi connectivity index (χ1) is 10.4. The van der Waals surface area contributed by atoms with Crippen LogP contribution in [0.25, 0.3) is 0 Å². The molecule has 0 unspecified atom stereocenters. The SMILES string of the molecule is C[C@H]1C[C@@](O)(c2ccc(Cl)cc2F)C[C@@H](c2cn(C)nn2)N1. The monoisotopic (exact) mass is 324 g/mol. The van der Waals surface area contributed by atoms with Crippen LogP contribution in [0.15, 0.2) is 24.4 Å². The van der Waals surface area contributed by atoms with E-state index in [0.717, 1.165) is 5.69 Å². The van der Waals surface area contributed by atoms with Crippen molar-refractivity contribution in [3.63, 3.8) is 0 Å². The highest BCUT2D eigenvalue weighted by Crippen LogP contribution is 2.40. The second-order valence-electron chi connectivity index (χ2n) is 6.00. The fraction of sp³-hybridized carbons (Fsp3) is 0.467. The number of aromatic nitrogens is 3. The molecular weight excluding hydrogens is 307 g/mol. The lowest BCUT2D eigenvalue weighted by molar-refractivity contribution is -0.0262. The predicted octanol–water partition coefficient (Wildman–Crippen LogP) is 2.31. The van der Waals surface area contributed by atoms with Gasteiger partial charge in [-0.15, -0.1) is 5.10 Å². The van der Waals surface area contributed by atoms with E-state index >= 15 is 0 Å². The van der Waals surface area contributed by atoms with Crippen molar-refractivity contribution in [3.8, 4) is 0 Å². The summed E-state index contributed by atoms with van der Waals surface area (Å²) in [5.74, 6) is -0.484.